The Hall–Kier alpha value is -1.55. The van der Waals surface area contributed by atoms with Crippen molar-refractivity contribution < 1.29 is 9.53 Å². The molecule has 0 radical (unpaired) electrons. The number of rotatable bonds is 6. The Morgan fingerprint density at radius 1 is 1.29 bits per heavy atom. The first-order valence-corrected chi connectivity index (χ1v) is 8.03. The van der Waals surface area contributed by atoms with Gasteiger partial charge < -0.3 is 15.4 Å². The quantitative estimate of drug-likeness (QED) is 0.787. The summed E-state index contributed by atoms with van der Waals surface area (Å²) in [4.78, 5) is 12.2. The van der Waals surface area contributed by atoms with Crippen LogP contribution in [0.15, 0.2) is 30.3 Å². The van der Waals surface area contributed by atoms with Gasteiger partial charge in [-0.3, -0.25) is 4.79 Å². The van der Waals surface area contributed by atoms with Crippen LogP contribution < -0.4 is 15.4 Å². The van der Waals surface area contributed by atoms with Crippen molar-refractivity contribution in [2.24, 2.45) is 11.8 Å². The average molecular weight is 288 g/mol. The molecule has 1 amide bonds. The second-order valence-corrected chi connectivity index (χ2v) is 6.05. The van der Waals surface area contributed by atoms with Gasteiger partial charge in [0.2, 0.25) is 5.91 Å². The summed E-state index contributed by atoms with van der Waals surface area (Å²) in [5, 5.41) is 6.42. The van der Waals surface area contributed by atoms with Crippen molar-refractivity contribution >= 4 is 5.91 Å². The molecule has 1 aromatic carbocycles. The van der Waals surface area contributed by atoms with Crippen molar-refractivity contribution in [3.8, 4) is 5.75 Å². The number of ether oxygens (including phenoxy) is 1. The fourth-order valence-corrected chi connectivity index (χ4v) is 3.58. The molecule has 2 fully saturated rings. The summed E-state index contributed by atoms with van der Waals surface area (Å²) in [6, 6.07) is 9.81. The first kappa shape index (κ1) is 14.4. The van der Waals surface area contributed by atoms with Crippen molar-refractivity contribution in [2.45, 2.75) is 31.7 Å². The number of para-hydroxylation sites is 1. The largest absolute Gasteiger partial charge is 0.494 e. The van der Waals surface area contributed by atoms with Crippen molar-refractivity contribution in [3.05, 3.63) is 30.3 Å². The number of benzene rings is 1. The molecule has 2 N–H and O–H groups in total. The van der Waals surface area contributed by atoms with Crippen LogP contribution in [0.2, 0.25) is 0 Å². The van der Waals surface area contributed by atoms with Gasteiger partial charge in [-0.05, 0) is 49.8 Å². The van der Waals surface area contributed by atoms with E-state index < -0.39 is 0 Å². The molecule has 1 aromatic rings. The van der Waals surface area contributed by atoms with Crippen molar-refractivity contribution in [1.82, 2.24) is 10.6 Å². The van der Waals surface area contributed by atoms with Crippen LogP contribution in [0.3, 0.4) is 0 Å². The standard InChI is InChI=1S/C17H24N2O2/c20-17(16-15-9-4-6-13(15)12-19-16)18-10-5-11-21-14-7-2-1-3-8-14/h1-3,7-8,13,15-16,19H,4-6,9-12H2,(H,18,20). The Labute approximate surface area is 126 Å². The van der Waals surface area contributed by atoms with Gasteiger partial charge in [-0.25, -0.2) is 0 Å². The van der Waals surface area contributed by atoms with E-state index in [4.69, 9.17) is 4.74 Å². The number of fused-ring (bicyclic) bond motifs is 1. The highest BCUT2D eigenvalue weighted by Gasteiger charge is 2.42. The van der Waals surface area contributed by atoms with Gasteiger partial charge in [-0.15, -0.1) is 0 Å². The number of amides is 1. The normalized spacial score (nSPS) is 27.3. The zero-order valence-corrected chi connectivity index (χ0v) is 12.4. The lowest BCUT2D eigenvalue weighted by atomic mass is 9.93. The van der Waals surface area contributed by atoms with Crippen LogP contribution in [0.4, 0.5) is 0 Å². The highest BCUT2D eigenvalue weighted by molar-refractivity contribution is 5.82. The molecular weight excluding hydrogens is 264 g/mol. The molecular formula is C17H24N2O2. The molecule has 21 heavy (non-hydrogen) atoms. The van der Waals surface area contributed by atoms with Crippen LogP contribution >= 0.6 is 0 Å². The fraction of sp³-hybridized carbons (Fsp3) is 0.588. The van der Waals surface area contributed by atoms with Gasteiger partial charge in [0.25, 0.3) is 0 Å². The van der Waals surface area contributed by atoms with E-state index in [1.807, 2.05) is 30.3 Å². The Kier molecular flexibility index (Phi) is 4.76. The third-order valence-corrected chi connectivity index (χ3v) is 4.66. The predicted octanol–water partition coefficient (Wildman–Crippen LogP) is 1.96. The molecule has 0 bridgehead atoms. The second-order valence-electron chi connectivity index (χ2n) is 6.05. The third-order valence-electron chi connectivity index (χ3n) is 4.66. The molecule has 3 rings (SSSR count). The van der Waals surface area contributed by atoms with Gasteiger partial charge in [0, 0.05) is 6.54 Å². The van der Waals surface area contributed by atoms with Crippen LogP contribution in [0, 0.1) is 11.8 Å². The molecule has 4 nitrogen and oxygen atoms in total. The first-order valence-electron chi connectivity index (χ1n) is 8.03. The van der Waals surface area contributed by atoms with E-state index in [-0.39, 0.29) is 11.9 Å². The maximum absolute atomic E-state index is 12.2. The molecule has 1 aliphatic heterocycles. The summed E-state index contributed by atoms with van der Waals surface area (Å²) in [6.07, 6.45) is 4.60. The summed E-state index contributed by atoms with van der Waals surface area (Å²) in [5.74, 6) is 2.34. The summed E-state index contributed by atoms with van der Waals surface area (Å²) >= 11 is 0. The maximum Gasteiger partial charge on any atom is 0.237 e. The van der Waals surface area contributed by atoms with E-state index >= 15 is 0 Å². The topological polar surface area (TPSA) is 50.4 Å². The highest BCUT2D eigenvalue weighted by atomic mass is 16.5. The fourth-order valence-electron chi connectivity index (χ4n) is 3.58. The Morgan fingerprint density at radius 2 is 2.14 bits per heavy atom. The molecule has 4 heteroatoms. The van der Waals surface area contributed by atoms with Crippen LogP contribution in [-0.4, -0.2) is 31.6 Å². The number of nitrogens with one attached hydrogen (secondary N) is 2. The Balaban J connectivity index is 1.33. The highest BCUT2D eigenvalue weighted by Crippen LogP contribution is 2.37. The van der Waals surface area contributed by atoms with Gasteiger partial charge in [-0.1, -0.05) is 24.6 Å². The molecule has 114 valence electrons. The van der Waals surface area contributed by atoms with Crippen molar-refractivity contribution in [3.63, 3.8) is 0 Å². The van der Waals surface area contributed by atoms with Crippen LogP contribution in [0.5, 0.6) is 5.75 Å². The van der Waals surface area contributed by atoms with Gasteiger partial charge in [0.1, 0.15) is 5.75 Å². The molecule has 3 unspecified atom stereocenters. The zero-order valence-electron chi connectivity index (χ0n) is 12.4. The van der Waals surface area contributed by atoms with Crippen molar-refractivity contribution in [2.75, 3.05) is 19.7 Å². The minimum atomic E-state index is 0.0348. The van der Waals surface area contributed by atoms with Gasteiger partial charge in [-0.2, -0.15) is 0 Å². The van der Waals surface area contributed by atoms with E-state index in [2.05, 4.69) is 10.6 Å². The second kappa shape index (κ2) is 6.94. The van der Waals surface area contributed by atoms with E-state index in [0.29, 0.717) is 19.1 Å². The third kappa shape index (κ3) is 3.56. The van der Waals surface area contributed by atoms with E-state index in [0.717, 1.165) is 24.6 Å². The number of carbonyl (C=O) groups is 1. The number of carbonyl (C=O) groups excluding carboxylic acids is 1. The number of hydrogen-bond donors (Lipinski definition) is 2. The van der Waals surface area contributed by atoms with Gasteiger partial charge in [0.05, 0.1) is 12.6 Å². The maximum atomic E-state index is 12.2. The van der Waals surface area contributed by atoms with Crippen LogP contribution in [0.1, 0.15) is 25.7 Å². The van der Waals surface area contributed by atoms with E-state index in [1.165, 1.54) is 19.3 Å². The Morgan fingerprint density at radius 3 is 3.00 bits per heavy atom. The summed E-state index contributed by atoms with van der Waals surface area (Å²) < 4.78 is 5.62. The number of hydrogen-bond acceptors (Lipinski definition) is 3. The predicted molar refractivity (Wildman–Crippen MR) is 82.2 cm³/mol. The summed E-state index contributed by atoms with van der Waals surface area (Å²) in [6.45, 7) is 2.33. The molecule has 1 saturated heterocycles. The molecule has 1 heterocycles. The summed E-state index contributed by atoms with van der Waals surface area (Å²) in [7, 11) is 0. The van der Waals surface area contributed by atoms with E-state index in [9.17, 15) is 4.79 Å². The minimum absolute atomic E-state index is 0.0348. The summed E-state index contributed by atoms with van der Waals surface area (Å²) in [5.41, 5.74) is 0. The smallest absolute Gasteiger partial charge is 0.237 e. The molecule has 1 saturated carbocycles. The minimum Gasteiger partial charge on any atom is -0.494 e. The molecule has 0 spiro atoms. The van der Waals surface area contributed by atoms with E-state index in [1.54, 1.807) is 0 Å². The van der Waals surface area contributed by atoms with Crippen LogP contribution in [0.25, 0.3) is 0 Å². The van der Waals surface area contributed by atoms with Gasteiger partial charge >= 0.3 is 0 Å². The first-order chi connectivity index (χ1) is 10.3. The lowest BCUT2D eigenvalue weighted by Gasteiger charge is -2.17. The van der Waals surface area contributed by atoms with Crippen molar-refractivity contribution in [1.29, 1.82) is 0 Å². The SMILES string of the molecule is O=C(NCCCOc1ccccc1)C1NCC2CCCC21. The average Bonchev–Trinajstić information content (AvgIpc) is 3.10. The lowest BCUT2D eigenvalue weighted by molar-refractivity contribution is -0.123. The zero-order chi connectivity index (χ0) is 14.5. The van der Waals surface area contributed by atoms with Gasteiger partial charge in [0.15, 0.2) is 0 Å². The monoisotopic (exact) mass is 288 g/mol. The molecule has 3 atom stereocenters. The lowest BCUT2D eigenvalue weighted by Crippen LogP contribution is -2.44. The Bertz CT molecular complexity index is 463. The molecule has 2 aliphatic rings. The molecule has 0 aromatic heterocycles. The van der Waals surface area contributed by atoms with Crippen LogP contribution in [-0.2, 0) is 4.79 Å². The molecule has 1 aliphatic carbocycles.